The number of carbonyl (C=O) groups is 1. The van der Waals surface area contributed by atoms with E-state index in [-0.39, 0.29) is 17.8 Å². The summed E-state index contributed by atoms with van der Waals surface area (Å²) in [6, 6.07) is 11.7. The summed E-state index contributed by atoms with van der Waals surface area (Å²) in [4.78, 5) is 15.1. The van der Waals surface area contributed by atoms with Crippen LogP contribution < -0.4 is 16.8 Å². The first kappa shape index (κ1) is 12.6. The van der Waals surface area contributed by atoms with Crippen LogP contribution in [0.1, 0.15) is 27.7 Å². The summed E-state index contributed by atoms with van der Waals surface area (Å²) in [5.74, 6) is -0.537. The van der Waals surface area contributed by atoms with Crippen LogP contribution in [0.2, 0.25) is 0 Å². The summed E-state index contributed by atoms with van der Waals surface area (Å²) in [6.45, 7) is 0. The average molecular weight is 268 g/mol. The van der Waals surface area contributed by atoms with Gasteiger partial charge >= 0.3 is 0 Å². The maximum atomic E-state index is 11.2. The zero-order valence-electron chi connectivity index (χ0n) is 10.9. The quantitative estimate of drug-likeness (QED) is 0.780. The van der Waals surface area contributed by atoms with Crippen LogP contribution in [-0.2, 0) is 6.42 Å². The summed E-state index contributed by atoms with van der Waals surface area (Å²) in [7, 11) is 0. The lowest BCUT2D eigenvalue weighted by atomic mass is 10.1. The van der Waals surface area contributed by atoms with E-state index in [4.69, 9.17) is 11.5 Å². The van der Waals surface area contributed by atoms with E-state index >= 15 is 0 Å². The number of hydrogen-bond acceptors (Lipinski definition) is 4. The van der Waals surface area contributed by atoms with Gasteiger partial charge in [-0.05, 0) is 29.7 Å². The first-order valence-corrected chi connectivity index (χ1v) is 6.51. The smallest absolute Gasteiger partial charge is 0.267 e. The van der Waals surface area contributed by atoms with E-state index in [1.54, 1.807) is 18.3 Å². The number of hydrogen-bond donors (Lipinski definition) is 3. The maximum Gasteiger partial charge on any atom is 0.267 e. The fraction of sp³-hybridized carbons (Fsp3) is 0.200. The SMILES string of the molecule is NC(=O)c1cc(NC2c3ccccc3CC2N)ccn1. The highest BCUT2D eigenvalue weighted by Crippen LogP contribution is 2.32. The van der Waals surface area contributed by atoms with E-state index < -0.39 is 5.91 Å². The van der Waals surface area contributed by atoms with E-state index in [0.717, 1.165) is 12.1 Å². The molecule has 0 bridgehead atoms. The van der Waals surface area contributed by atoms with Crippen molar-refractivity contribution in [2.75, 3.05) is 5.32 Å². The highest BCUT2D eigenvalue weighted by molar-refractivity contribution is 5.91. The number of rotatable bonds is 3. The minimum atomic E-state index is -0.537. The minimum Gasteiger partial charge on any atom is -0.377 e. The Morgan fingerprint density at radius 3 is 2.90 bits per heavy atom. The van der Waals surface area contributed by atoms with E-state index in [1.165, 1.54) is 11.1 Å². The van der Waals surface area contributed by atoms with Crippen molar-refractivity contribution in [1.82, 2.24) is 4.98 Å². The number of pyridine rings is 1. The Labute approximate surface area is 117 Å². The van der Waals surface area contributed by atoms with E-state index in [1.807, 2.05) is 12.1 Å². The first-order valence-electron chi connectivity index (χ1n) is 6.51. The average Bonchev–Trinajstić information content (AvgIpc) is 2.76. The van der Waals surface area contributed by atoms with Crippen molar-refractivity contribution in [3.8, 4) is 0 Å². The van der Waals surface area contributed by atoms with Gasteiger partial charge in [0.2, 0.25) is 0 Å². The van der Waals surface area contributed by atoms with Gasteiger partial charge in [-0.15, -0.1) is 0 Å². The second-order valence-corrected chi connectivity index (χ2v) is 4.98. The highest BCUT2D eigenvalue weighted by atomic mass is 16.1. The third kappa shape index (κ3) is 2.23. The van der Waals surface area contributed by atoms with Crippen molar-refractivity contribution in [2.45, 2.75) is 18.5 Å². The van der Waals surface area contributed by atoms with Crippen molar-refractivity contribution in [2.24, 2.45) is 11.5 Å². The van der Waals surface area contributed by atoms with E-state index in [0.29, 0.717) is 0 Å². The van der Waals surface area contributed by atoms with Crippen molar-refractivity contribution in [3.05, 3.63) is 59.4 Å². The van der Waals surface area contributed by atoms with Gasteiger partial charge in [-0.25, -0.2) is 0 Å². The molecule has 3 rings (SSSR count). The van der Waals surface area contributed by atoms with Crippen LogP contribution in [-0.4, -0.2) is 16.9 Å². The number of anilines is 1. The third-order valence-electron chi connectivity index (χ3n) is 3.61. The molecule has 0 aliphatic heterocycles. The summed E-state index contributed by atoms with van der Waals surface area (Å²) in [5.41, 5.74) is 15.0. The van der Waals surface area contributed by atoms with Gasteiger partial charge in [0, 0.05) is 17.9 Å². The molecule has 5 nitrogen and oxygen atoms in total. The van der Waals surface area contributed by atoms with E-state index in [2.05, 4.69) is 22.4 Å². The van der Waals surface area contributed by atoms with Gasteiger partial charge in [0.1, 0.15) is 5.69 Å². The number of aromatic nitrogens is 1. The number of nitrogens with one attached hydrogen (secondary N) is 1. The second-order valence-electron chi connectivity index (χ2n) is 4.98. The lowest BCUT2D eigenvalue weighted by Crippen LogP contribution is -2.30. The Morgan fingerprint density at radius 2 is 2.10 bits per heavy atom. The van der Waals surface area contributed by atoms with Gasteiger partial charge in [-0.3, -0.25) is 9.78 Å². The van der Waals surface area contributed by atoms with Crippen LogP contribution in [0.5, 0.6) is 0 Å². The van der Waals surface area contributed by atoms with Crippen LogP contribution in [0, 0.1) is 0 Å². The first-order chi connectivity index (χ1) is 9.65. The van der Waals surface area contributed by atoms with E-state index in [9.17, 15) is 4.79 Å². The number of fused-ring (bicyclic) bond motifs is 1. The fourth-order valence-electron chi connectivity index (χ4n) is 2.65. The summed E-state index contributed by atoms with van der Waals surface area (Å²) < 4.78 is 0. The molecule has 1 amide bonds. The fourth-order valence-corrected chi connectivity index (χ4v) is 2.65. The molecule has 1 aliphatic rings. The normalized spacial score (nSPS) is 20.4. The summed E-state index contributed by atoms with van der Waals surface area (Å²) in [5, 5.41) is 3.37. The lowest BCUT2D eigenvalue weighted by Gasteiger charge is -2.20. The molecule has 20 heavy (non-hydrogen) atoms. The number of amides is 1. The highest BCUT2D eigenvalue weighted by Gasteiger charge is 2.29. The molecular formula is C15H16N4O. The van der Waals surface area contributed by atoms with Crippen LogP contribution in [0.15, 0.2) is 42.6 Å². The maximum absolute atomic E-state index is 11.2. The van der Waals surface area contributed by atoms with Crippen molar-refractivity contribution in [1.29, 1.82) is 0 Å². The van der Waals surface area contributed by atoms with Crippen molar-refractivity contribution >= 4 is 11.6 Å². The Morgan fingerprint density at radius 1 is 1.30 bits per heavy atom. The second kappa shape index (κ2) is 4.94. The Hall–Kier alpha value is -2.40. The van der Waals surface area contributed by atoms with Crippen LogP contribution in [0.3, 0.4) is 0 Å². The molecule has 5 N–H and O–H groups in total. The van der Waals surface area contributed by atoms with Gasteiger partial charge in [0.15, 0.2) is 0 Å². The summed E-state index contributed by atoms with van der Waals surface area (Å²) >= 11 is 0. The summed E-state index contributed by atoms with van der Waals surface area (Å²) in [6.07, 6.45) is 2.41. The molecule has 0 fully saturated rings. The van der Waals surface area contributed by atoms with Crippen LogP contribution >= 0.6 is 0 Å². The van der Waals surface area contributed by atoms with Gasteiger partial charge in [0.25, 0.3) is 5.91 Å². The molecule has 102 valence electrons. The largest absolute Gasteiger partial charge is 0.377 e. The molecule has 1 aromatic heterocycles. The molecule has 2 unspecified atom stereocenters. The molecule has 0 spiro atoms. The molecule has 0 saturated heterocycles. The number of nitrogens with two attached hydrogens (primary N) is 2. The number of nitrogens with zero attached hydrogens (tertiary/aromatic N) is 1. The van der Waals surface area contributed by atoms with Crippen LogP contribution in [0.4, 0.5) is 5.69 Å². The molecule has 1 aromatic carbocycles. The molecule has 0 radical (unpaired) electrons. The van der Waals surface area contributed by atoms with Crippen molar-refractivity contribution in [3.63, 3.8) is 0 Å². The number of benzene rings is 1. The number of carbonyl (C=O) groups excluding carboxylic acids is 1. The van der Waals surface area contributed by atoms with Gasteiger partial charge in [0.05, 0.1) is 6.04 Å². The molecule has 0 saturated carbocycles. The topological polar surface area (TPSA) is 94.0 Å². The zero-order chi connectivity index (χ0) is 14.1. The molecular weight excluding hydrogens is 252 g/mol. The van der Waals surface area contributed by atoms with Crippen LogP contribution in [0.25, 0.3) is 0 Å². The Kier molecular flexibility index (Phi) is 3.12. The Balaban J connectivity index is 1.88. The molecule has 5 heteroatoms. The lowest BCUT2D eigenvalue weighted by molar-refractivity contribution is 0.0995. The Bertz CT molecular complexity index is 656. The monoisotopic (exact) mass is 268 g/mol. The minimum absolute atomic E-state index is 0.0117. The van der Waals surface area contributed by atoms with Gasteiger partial charge in [-0.1, -0.05) is 24.3 Å². The van der Waals surface area contributed by atoms with Crippen molar-refractivity contribution < 1.29 is 4.79 Å². The predicted molar refractivity (Wildman–Crippen MR) is 77.2 cm³/mol. The van der Waals surface area contributed by atoms with Gasteiger partial charge in [-0.2, -0.15) is 0 Å². The molecule has 1 heterocycles. The third-order valence-corrected chi connectivity index (χ3v) is 3.61. The van der Waals surface area contributed by atoms with Gasteiger partial charge < -0.3 is 16.8 Å². The molecule has 2 atom stereocenters. The standard InChI is InChI=1S/C15H16N4O/c16-12-7-9-3-1-2-4-11(9)14(12)19-10-5-6-18-13(8-10)15(17)20/h1-6,8,12,14H,7,16H2,(H2,17,20)(H,18,19). The number of primary amides is 1. The molecule has 1 aliphatic carbocycles. The zero-order valence-corrected chi connectivity index (χ0v) is 10.9. The predicted octanol–water partition coefficient (Wildman–Crippen LogP) is 1.22. The molecule has 2 aromatic rings.